The van der Waals surface area contributed by atoms with Gasteiger partial charge in [0.1, 0.15) is 0 Å². The lowest BCUT2D eigenvalue weighted by Crippen LogP contribution is -2.35. The molecule has 0 aliphatic carbocycles. The van der Waals surface area contributed by atoms with Crippen molar-refractivity contribution in [2.75, 3.05) is 19.8 Å². The van der Waals surface area contributed by atoms with Gasteiger partial charge in [-0.3, -0.25) is 0 Å². The van der Waals surface area contributed by atoms with Crippen LogP contribution in [0, 0.1) is 13.8 Å². The van der Waals surface area contributed by atoms with Crippen LogP contribution in [-0.2, 0) is 4.74 Å². The number of nitrogens with one attached hydrogen (secondary N) is 1. The third-order valence-corrected chi connectivity index (χ3v) is 3.77. The van der Waals surface area contributed by atoms with Crippen LogP contribution in [0.15, 0.2) is 18.2 Å². The quantitative estimate of drug-likeness (QED) is 0.682. The first-order valence-corrected chi connectivity index (χ1v) is 7.66. The summed E-state index contributed by atoms with van der Waals surface area (Å²) < 4.78 is 5.32. The monoisotopic (exact) mass is 279 g/mol. The molecule has 114 valence electrons. The molecule has 3 nitrogen and oxygen atoms in total. The molecule has 20 heavy (non-hydrogen) atoms. The number of ether oxygens (including phenoxy) is 1. The molecule has 0 saturated carbocycles. The van der Waals surface area contributed by atoms with E-state index in [4.69, 9.17) is 4.74 Å². The van der Waals surface area contributed by atoms with Gasteiger partial charge >= 0.3 is 0 Å². The molecule has 0 fully saturated rings. The zero-order chi connectivity index (χ0) is 15.0. The maximum absolute atomic E-state index is 10.5. The molecule has 1 rings (SSSR count). The minimum atomic E-state index is -0.452. The number of aliphatic hydroxyl groups excluding tert-OH is 1. The molecule has 0 heterocycles. The summed E-state index contributed by atoms with van der Waals surface area (Å²) in [6, 6.07) is 6.29. The van der Waals surface area contributed by atoms with Gasteiger partial charge in [-0.2, -0.15) is 0 Å². The molecule has 3 heteroatoms. The molecule has 0 radical (unpaired) electrons. The largest absolute Gasteiger partial charge is 0.387 e. The fourth-order valence-electron chi connectivity index (χ4n) is 2.27. The van der Waals surface area contributed by atoms with Gasteiger partial charge in [-0.05, 0) is 56.8 Å². The standard InChI is InChI=1S/C17H29NO2/c1-5-16(18-10-7-11-20-6-2)17(19)15-9-8-13(3)14(4)12-15/h8-9,12,16-19H,5-7,10-11H2,1-4H3. The second-order valence-electron chi connectivity index (χ2n) is 5.31. The molecule has 0 amide bonds. The van der Waals surface area contributed by atoms with Crippen molar-refractivity contribution >= 4 is 0 Å². The molecule has 2 N–H and O–H groups in total. The highest BCUT2D eigenvalue weighted by Gasteiger charge is 2.18. The summed E-state index contributed by atoms with van der Waals surface area (Å²) >= 11 is 0. The Balaban J connectivity index is 2.52. The summed E-state index contributed by atoms with van der Waals surface area (Å²) in [6.07, 6.45) is 1.43. The van der Waals surface area contributed by atoms with Crippen LogP contribution in [0.5, 0.6) is 0 Å². The van der Waals surface area contributed by atoms with E-state index in [1.807, 2.05) is 13.0 Å². The lowest BCUT2D eigenvalue weighted by Gasteiger charge is -2.24. The maximum atomic E-state index is 10.5. The smallest absolute Gasteiger partial charge is 0.0942 e. The molecule has 0 saturated heterocycles. The predicted octanol–water partition coefficient (Wildman–Crippen LogP) is 3.13. The van der Waals surface area contributed by atoms with Gasteiger partial charge in [-0.25, -0.2) is 0 Å². The van der Waals surface area contributed by atoms with E-state index < -0.39 is 6.10 Å². The first kappa shape index (κ1) is 17.2. The second-order valence-corrected chi connectivity index (χ2v) is 5.31. The number of hydrogen-bond acceptors (Lipinski definition) is 3. The molecule has 1 aromatic rings. The highest BCUT2D eigenvalue weighted by atomic mass is 16.5. The first-order chi connectivity index (χ1) is 9.60. The van der Waals surface area contributed by atoms with Crippen LogP contribution < -0.4 is 5.32 Å². The van der Waals surface area contributed by atoms with Gasteiger partial charge in [0, 0.05) is 19.3 Å². The van der Waals surface area contributed by atoms with Crippen molar-refractivity contribution in [3.63, 3.8) is 0 Å². The van der Waals surface area contributed by atoms with Crippen LogP contribution in [-0.4, -0.2) is 30.9 Å². The normalized spacial score (nSPS) is 14.2. The van der Waals surface area contributed by atoms with Gasteiger partial charge in [-0.15, -0.1) is 0 Å². The molecular formula is C17H29NO2. The van der Waals surface area contributed by atoms with Crippen molar-refractivity contribution in [3.05, 3.63) is 34.9 Å². The van der Waals surface area contributed by atoms with E-state index in [1.54, 1.807) is 0 Å². The van der Waals surface area contributed by atoms with Crippen molar-refractivity contribution in [2.45, 2.75) is 52.7 Å². The lowest BCUT2D eigenvalue weighted by atomic mass is 9.97. The summed E-state index contributed by atoms with van der Waals surface area (Å²) in [4.78, 5) is 0. The van der Waals surface area contributed by atoms with E-state index in [2.05, 4.69) is 38.2 Å². The van der Waals surface area contributed by atoms with Gasteiger partial charge in [0.2, 0.25) is 0 Å². The van der Waals surface area contributed by atoms with Gasteiger partial charge in [0.25, 0.3) is 0 Å². The molecule has 0 aliphatic rings. The van der Waals surface area contributed by atoms with Crippen LogP contribution in [0.1, 0.15) is 49.5 Å². The molecule has 1 aromatic carbocycles. The second kappa shape index (κ2) is 9.11. The van der Waals surface area contributed by atoms with Crippen molar-refractivity contribution in [1.82, 2.24) is 5.32 Å². The number of aryl methyl sites for hydroxylation is 2. The van der Waals surface area contributed by atoms with Crippen LogP contribution >= 0.6 is 0 Å². The number of hydrogen-bond donors (Lipinski definition) is 2. The Morgan fingerprint density at radius 2 is 1.95 bits per heavy atom. The average molecular weight is 279 g/mol. The minimum absolute atomic E-state index is 0.0960. The summed E-state index contributed by atoms with van der Waals surface area (Å²) in [5.74, 6) is 0. The summed E-state index contributed by atoms with van der Waals surface area (Å²) in [5.41, 5.74) is 3.49. The van der Waals surface area contributed by atoms with E-state index in [-0.39, 0.29) is 6.04 Å². The Hall–Kier alpha value is -0.900. The third-order valence-electron chi connectivity index (χ3n) is 3.77. The molecule has 0 aliphatic heterocycles. The molecule has 0 aromatic heterocycles. The summed E-state index contributed by atoms with van der Waals surface area (Å²) in [5, 5.41) is 13.9. The maximum Gasteiger partial charge on any atom is 0.0942 e. The van der Waals surface area contributed by atoms with Gasteiger partial charge in [-0.1, -0.05) is 25.1 Å². The van der Waals surface area contributed by atoms with Crippen LogP contribution in [0.4, 0.5) is 0 Å². The van der Waals surface area contributed by atoms with Crippen molar-refractivity contribution < 1.29 is 9.84 Å². The van der Waals surface area contributed by atoms with Crippen LogP contribution in [0.3, 0.4) is 0 Å². The van der Waals surface area contributed by atoms with Gasteiger partial charge in [0.15, 0.2) is 0 Å². The number of aliphatic hydroxyl groups is 1. The zero-order valence-corrected chi connectivity index (χ0v) is 13.3. The van der Waals surface area contributed by atoms with Crippen LogP contribution in [0.25, 0.3) is 0 Å². The molecule has 0 bridgehead atoms. The SMILES string of the molecule is CCOCCCNC(CC)C(O)c1ccc(C)c(C)c1. The highest BCUT2D eigenvalue weighted by molar-refractivity contribution is 5.31. The minimum Gasteiger partial charge on any atom is -0.387 e. The Kier molecular flexibility index (Phi) is 7.82. The molecule has 2 atom stereocenters. The zero-order valence-electron chi connectivity index (χ0n) is 13.3. The molecule has 2 unspecified atom stereocenters. The van der Waals surface area contributed by atoms with E-state index in [9.17, 15) is 5.11 Å². The van der Waals surface area contributed by atoms with E-state index in [0.717, 1.165) is 38.2 Å². The average Bonchev–Trinajstić information content (AvgIpc) is 2.45. The van der Waals surface area contributed by atoms with E-state index in [0.29, 0.717) is 0 Å². The van der Waals surface area contributed by atoms with Crippen molar-refractivity contribution in [2.24, 2.45) is 0 Å². The van der Waals surface area contributed by atoms with E-state index in [1.165, 1.54) is 11.1 Å². The topological polar surface area (TPSA) is 41.5 Å². The molecule has 0 spiro atoms. The van der Waals surface area contributed by atoms with Gasteiger partial charge < -0.3 is 15.2 Å². The lowest BCUT2D eigenvalue weighted by molar-refractivity contribution is 0.118. The third kappa shape index (κ3) is 5.23. The first-order valence-electron chi connectivity index (χ1n) is 7.66. The number of benzene rings is 1. The fraction of sp³-hybridized carbons (Fsp3) is 0.647. The number of rotatable bonds is 9. The van der Waals surface area contributed by atoms with Gasteiger partial charge in [0.05, 0.1) is 6.10 Å². The fourth-order valence-corrected chi connectivity index (χ4v) is 2.27. The van der Waals surface area contributed by atoms with Crippen molar-refractivity contribution in [3.8, 4) is 0 Å². The Labute approximate surface area is 123 Å². The van der Waals surface area contributed by atoms with Crippen molar-refractivity contribution in [1.29, 1.82) is 0 Å². The highest BCUT2D eigenvalue weighted by Crippen LogP contribution is 2.21. The van der Waals surface area contributed by atoms with Crippen LogP contribution in [0.2, 0.25) is 0 Å². The van der Waals surface area contributed by atoms with E-state index >= 15 is 0 Å². The summed E-state index contributed by atoms with van der Waals surface area (Å²) in [6.45, 7) is 10.7. The summed E-state index contributed by atoms with van der Waals surface area (Å²) in [7, 11) is 0. The Morgan fingerprint density at radius 1 is 1.20 bits per heavy atom. The predicted molar refractivity (Wildman–Crippen MR) is 84.1 cm³/mol. The Morgan fingerprint density at radius 3 is 2.55 bits per heavy atom. The Bertz CT molecular complexity index is 393. The molecular weight excluding hydrogens is 250 g/mol.